The van der Waals surface area contributed by atoms with Crippen LogP contribution in [0, 0.1) is 6.92 Å². The lowest BCUT2D eigenvalue weighted by molar-refractivity contribution is 0.415. The number of aromatic nitrogens is 1. The van der Waals surface area contributed by atoms with E-state index in [9.17, 15) is 0 Å². The highest BCUT2D eigenvalue weighted by molar-refractivity contribution is 7.15. The van der Waals surface area contributed by atoms with Crippen LogP contribution in [0.1, 0.15) is 5.01 Å². The number of hydrogen-bond acceptors (Lipinski definition) is 3. The fourth-order valence-corrected chi connectivity index (χ4v) is 3.10. The molecule has 0 amide bonds. The van der Waals surface area contributed by atoms with E-state index in [0.29, 0.717) is 0 Å². The van der Waals surface area contributed by atoms with Gasteiger partial charge in [-0.05, 0) is 36.8 Å². The number of nitrogens with zero attached hydrogens (tertiary/aromatic N) is 1. The fourth-order valence-electron chi connectivity index (χ4n) is 2.16. The molecular formula is C17H15NOS. The van der Waals surface area contributed by atoms with Gasteiger partial charge in [-0.3, -0.25) is 0 Å². The van der Waals surface area contributed by atoms with E-state index < -0.39 is 0 Å². The third kappa shape index (κ3) is 2.45. The predicted molar refractivity (Wildman–Crippen MR) is 84.3 cm³/mol. The second kappa shape index (κ2) is 5.47. The first-order valence-corrected chi connectivity index (χ1v) is 7.27. The Morgan fingerprint density at radius 1 is 0.900 bits per heavy atom. The highest BCUT2D eigenvalue weighted by Gasteiger charge is 2.12. The van der Waals surface area contributed by atoms with Crippen LogP contribution in [0.2, 0.25) is 0 Å². The molecule has 0 spiro atoms. The minimum atomic E-state index is 0.863. The number of hydrogen-bond donors (Lipinski definition) is 0. The summed E-state index contributed by atoms with van der Waals surface area (Å²) >= 11 is 1.73. The maximum atomic E-state index is 5.21. The van der Waals surface area contributed by atoms with Crippen molar-refractivity contribution in [2.24, 2.45) is 0 Å². The Kier molecular flexibility index (Phi) is 3.52. The second-order valence-corrected chi connectivity index (χ2v) is 5.71. The summed E-state index contributed by atoms with van der Waals surface area (Å²) in [6.07, 6.45) is 0. The van der Waals surface area contributed by atoms with Crippen LogP contribution in [0.3, 0.4) is 0 Å². The number of rotatable bonds is 3. The fraction of sp³-hybridized carbons (Fsp3) is 0.118. The second-order valence-electron chi connectivity index (χ2n) is 4.51. The Hall–Kier alpha value is -2.13. The topological polar surface area (TPSA) is 22.1 Å². The average molecular weight is 281 g/mol. The zero-order valence-electron chi connectivity index (χ0n) is 11.5. The van der Waals surface area contributed by atoms with Crippen LogP contribution in [-0.4, -0.2) is 12.1 Å². The maximum Gasteiger partial charge on any atom is 0.118 e. The molecule has 3 rings (SSSR count). The zero-order chi connectivity index (χ0) is 13.9. The van der Waals surface area contributed by atoms with Gasteiger partial charge in [0.05, 0.1) is 22.7 Å². The summed E-state index contributed by atoms with van der Waals surface area (Å²) in [4.78, 5) is 5.91. The highest BCUT2D eigenvalue weighted by atomic mass is 32.1. The Bertz CT molecular complexity index is 702. The van der Waals surface area contributed by atoms with E-state index in [0.717, 1.165) is 22.0 Å². The Morgan fingerprint density at radius 2 is 1.60 bits per heavy atom. The summed E-state index contributed by atoms with van der Waals surface area (Å²) in [5, 5.41) is 1.08. The molecule has 2 nitrogen and oxygen atoms in total. The molecule has 0 saturated heterocycles. The number of benzene rings is 2. The van der Waals surface area contributed by atoms with Crippen molar-refractivity contribution in [1.82, 2.24) is 4.98 Å². The van der Waals surface area contributed by atoms with Crippen LogP contribution in [0.4, 0.5) is 0 Å². The van der Waals surface area contributed by atoms with Gasteiger partial charge in [-0.1, -0.05) is 30.3 Å². The van der Waals surface area contributed by atoms with Crippen molar-refractivity contribution in [3.05, 3.63) is 59.6 Å². The van der Waals surface area contributed by atoms with Crippen molar-refractivity contribution >= 4 is 11.3 Å². The van der Waals surface area contributed by atoms with Crippen molar-refractivity contribution in [2.75, 3.05) is 7.11 Å². The van der Waals surface area contributed by atoms with Crippen molar-refractivity contribution < 1.29 is 4.74 Å². The first-order valence-electron chi connectivity index (χ1n) is 6.45. The largest absolute Gasteiger partial charge is 0.497 e. The first-order chi connectivity index (χ1) is 9.78. The summed E-state index contributed by atoms with van der Waals surface area (Å²) < 4.78 is 5.21. The summed E-state index contributed by atoms with van der Waals surface area (Å²) in [7, 11) is 1.68. The molecule has 0 N–H and O–H groups in total. The summed E-state index contributed by atoms with van der Waals surface area (Å²) in [5.74, 6) is 0.863. The Balaban J connectivity index is 2.09. The Labute approximate surface area is 122 Å². The van der Waals surface area contributed by atoms with Gasteiger partial charge in [-0.25, -0.2) is 4.98 Å². The minimum absolute atomic E-state index is 0.863. The summed E-state index contributed by atoms with van der Waals surface area (Å²) in [6.45, 7) is 2.05. The van der Waals surface area contributed by atoms with Gasteiger partial charge in [0, 0.05) is 5.56 Å². The van der Waals surface area contributed by atoms with Crippen molar-refractivity contribution in [2.45, 2.75) is 6.92 Å². The molecule has 0 saturated carbocycles. The first kappa shape index (κ1) is 12.9. The average Bonchev–Trinajstić information content (AvgIpc) is 2.90. The van der Waals surface area contributed by atoms with Gasteiger partial charge in [-0.2, -0.15) is 0 Å². The van der Waals surface area contributed by atoms with E-state index in [-0.39, 0.29) is 0 Å². The summed E-state index contributed by atoms with van der Waals surface area (Å²) in [5.41, 5.74) is 3.37. The molecular weight excluding hydrogens is 266 g/mol. The van der Waals surface area contributed by atoms with Crippen LogP contribution in [0.25, 0.3) is 21.7 Å². The van der Waals surface area contributed by atoms with Gasteiger partial charge >= 0.3 is 0 Å². The SMILES string of the molecule is COc1ccc(-c2nc(C)sc2-c2ccccc2)cc1. The maximum absolute atomic E-state index is 5.21. The molecule has 0 aliphatic carbocycles. The van der Waals surface area contributed by atoms with Crippen molar-refractivity contribution in [3.63, 3.8) is 0 Å². The number of thiazole rings is 1. The van der Waals surface area contributed by atoms with Crippen LogP contribution in [0.15, 0.2) is 54.6 Å². The predicted octanol–water partition coefficient (Wildman–Crippen LogP) is 4.79. The van der Waals surface area contributed by atoms with Crippen LogP contribution in [-0.2, 0) is 0 Å². The molecule has 100 valence electrons. The summed E-state index contributed by atoms with van der Waals surface area (Å²) in [6, 6.07) is 18.5. The van der Waals surface area contributed by atoms with Crippen molar-refractivity contribution in [3.8, 4) is 27.4 Å². The molecule has 0 bridgehead atoms. The molecule has 3 heteroatoms. The molecule has 0 unspecified atom stereocenters. The molecule has 2 aromatic carbocycles. The van der Waals surface area contributed by atoms with Gasteiger partial charge in [0.1, 0.15) is 5.75 Å². The van der Waals surface area contributed by atoms with Crippen LogP contribution < -0.4 is 4.74 Å². The molecule has 1 heterocycles. The highest BCUT2D eigenvalue weighted by Crippen LogP contribution is 2.36. The van der Waals surface area contributed by atoms with Crippen molar-refractivity contribution in [1.29, 1.82) is 0 Å². The molecule has 20 heavy (non-hydrogen) atoms. The molecule has 3 aromatic rings. The van der Waals surface area contributed by atoms with Crippen LogP contribution in [0.5, 0.6) is 5.75 Å². The standard InChI is InChI=1S/C17H15NOS/c1-12-18-16(13-8-10-15(19-2)11-9-13)17(20-12)14-6-4-3-5-7-14/h3-11H,1-2H3. The molecule has 0 fully saturated rings. The lowest BCUT2D eigenvalue weighted by Gasteiger charge is -2.04. The number of aryl methyl sites for hydroxylation is 1. The van der Waals surface area contributed by atoms with Gasteiger partial charge in [0.15, 0.2) is 0 Å². The van der Waals surface area contributed by atoms with Gasteiger partial charge in [0.2, 0.25) is 0 Å². The molecule has 0 atom stereocenters. The minimum Gasteiger partial charge on any atom is -0.497 e. The smallest absolute Gasteiger partial charge is 0.118 e. The Morgan fingerprint density at radius 3 is 2.25 bits per heavy atom. The lowest BCUT2D eigenvalue weighted by Crippen LogP contribution is -1.85. The normalized spacial score (nSPS) is 10.5. The van der Waals surface area contributed by atoms with E-state index in [1.165, 1.54) is 10.4 Å². The van der Waals surface area contributed by atoms with Gasteiger partial charge < -0.3 is 4.74 Å². The quantitative estimate of drug-likeness (QED) is 0.688. The van der Waals surface area contributed by atoms with Crippen LogP contribution >= 0.6 is 11.3 Å². The third-order valence-electron chi connectivity index (χ3n) is 3.13. The van der Waals surface area contributed by atoms with E-state index in [2.05, 4.69) is 36.4 Å². The number of methoxy groups -OCH3 is 1. The molecule has 0 aliphatic rings. The van der Waals surface area contributed by atoms with Gasteiger partial charge in [-0.15, -0.1) is 11.3 Å². The number of ether oxygens (including phenoxy) is 1. The van der Waals surface area contributed by atoms with E-state index in [1.54, 1.807) is 18.4 Å². The lowest BCUT2D eigenvalue weighted by atomic mass is 10.1. The monoisotopic (exact) mass is 281 g/mol. The van der Waals surface area contributed by atoms with Gasteiger partial charge in [0.25, 0.3) is 0 Å². The third-order valence-corrected chi connectivity index (χ3v) is 4.15. The molecule has 0 radical (unpaired) electrons. The molecule has 1 aromatic heterocycles. The van der Waals surface area contributed by atoms with E-state index in [1.807, 2.05) is 25.1 Å². The van der Waals surface area contributed by atoms with E-state index >= 15 is 0 Å². The van der Waals surface area contributed by atoms with E-state index in [4.69, 9.17) is 9.72 Å². The molecule has 0 aliphatic heterocycles. The zero-order valence-corrected chi connectivity index (χ0v) is 12.3.